The zero-order chi connectivity index (χ0) is 50.7. The highest BCUT2D eigenvalue weighted by Crippen LogP contribution is 2.48. The molecular weight excluding hydrogens is 1020 g/mol. The minimum absolute atomic E-state index is 0.723. The topological polar surface area (TPSA) is 0 Å². The monoisotopic (exact) mass is 1110 g/mol. The Bertz CT molecular complexity index is 2320. The van der Waals surface area contributed by atoms with E-state index in [2.05, 4.69) is 135 Å². The standard InChI is InChI=1S/C66H92S7/c1-5-9-13-17-21-23-27-31-35-51(33-29-25-19-15-11-7-3)53-37-39-55(67-53)57-41-43-59(69-57)61-45-47-63(71-61)65-49-50-66(73-65)64-48-46-62(72-64)60-44-42-58(70-60)56-40-38-54(68-56)52(34-30-26-20-16-12-8-4)36-32-28-24-22-18-14-10-6-2/h37-52H,5-36H2,1-4H3. The summed E-state index contributed by atoms with van der Waals surface area (Å²) in [4.78, 5) is 20.1. The fourth-order valence-electron chi connectivity index (χ4n) is 10.7. The summed E-state index contributed by atoms with van der Waals surface area (Å²) in [5, 5.41) is 0. The molecule has 0 aromatic carbocycles. The molecule has 2 unspecified atom stereocenters. The Kier molecular flexibility index (Phi) is 27.2. The van der Waals surface area contributed by atoms with Gasteiger partial charge in [0.15, 0.2) is 0 Å². The summed E-state index contributed by atoms with van der Waals surface area (Å²) in [6.45, 7) is 9.29. The number of hydrogen-bond acceptors (Lipinski definition) is 7. The first-order valence-corrected chi connectivity index (χ1v) is 35.5. The average Bonchev–Trinajstić information content (AvgIpc) is 4.26. The third kappa shape index (κ3) is 19.4. The minimum atomic E-state index is 0.723. The van der Waals surface area contributed by atoms with Gasteiger partial charge in [0.25, 0.3) is 0 Å². The summed E-state index contributed by atoms with van der Waals surface area (Å²) in [5.41, 5.74) is 0. The second kappa shape index (κ2) is 33.9. The summed E-state index contributed by atoms with van der Waals surface area (Å²) in [6, 6.07) is 33.5. The second-order valence-electron chi connectivity index (χ2n) is 21.3. The van der Waals surface area contributed by atoms with E-state index in [1.807, 2.05) is 56.7 Å². The Morgan fingerprint density at radius 1 is 0.205 bits per heavy atom. The molecule has 0 aliphatic rings. The Morgan fingerprint density at radius 2 is 0.370 bits per heavy atom. The predicted octanol–water partition coefficient (Wildman–Crippen LogP) is 26.8. The number of thiophene rings is 7. The van der Waals surface area contributed by atoms with E-state index in [-0.39, 0.29) is 0 Å². The van der Waals surface area contributed by atoms with Crippen molar-refractivity contribution in [1.29, 1.82) is 0 Å². The summed E-state index contributed by atoms with van der Waals surface area (Å²) < 4.78 is 0. The van der Waals surface area contributed by atoms with Crippen molar-refractivity contribution in [1.82, 2.24) is 0 Å². The van der Waals surface area contributed by atoms with E-state index in [1.165, 1.54) is 264 Å². The van der Waals surface area contributed by atoms with E-state index in [0.717, 1.165) is 11.8 Å². The van der Waals surface area contributed by atoms with Crippen LogP contribution in [-0.4, -0.2) is 0 Å². The molecule has 7 aromatic rings. The molecule has 7 heteroatoms. The fraction of sp³-hybridized carbons (Fsp3) is 0.576. The maximum Gasteiger partial charge on any atom is 0.0449 e. The molecule has 0 nitrogen and oxygen atoms in total. The molecular formula is C66H92S7. The van der Waals surface area contributed by atoms with Gasteiger partial charge in [0.2, 0.25) is 0 Å². The van der Waals surface area contributed by atoms with Crippen LogP contribution in [0.15, 0.2) is 84.9 Å². The van der Waals surface area contributed by atoms with E-state index >= 15 is 0 Å². The van der Waals surface area contributed by atoms with Crippen LogP contribution < -0.4 is 0 Å². The van der Waals surface area contributed by atoms with E-state index in [0.29, 0.717) is 0 Å². The lowest BCUT2D eigenvalue weighted by Crippen LogP contribution is -1.97. The van der Waals surface area contributed by atoms with Gasteiger partial charge in [0.05, 0.1) is 0 Å². The maximum absolute atomic E-state index is 2.49. The van der Waals surface area contributed by atoms with Crippen molar-refractivity contribution in [2.24, 2.45) is 0 Å². The van der Waals surface area contributed by atoms with Crippen LogP contribution in [0.2, 0.25) is 0 Å². The Labute approximate surface area is 473 Å². The summed E-state index contributed by atoms with van der Waals surface area (Å²) in [5.74, 6) is 1.45. The summed E-state index contributed by atoms with van der Waals surface area (Å²) in [7, 11) is 0. The first kappa shape index (κ1) is 58.6. The lowest BCUT2D eigenvalue weighted by Gasteiger charge is -2.15. The molecule has 0 saturated heterocycles. The van der Waals surface area contributed by atoms with Crippen LogP contribution in [0.1, 0.15) is 255 Å². The van der Waals surface area contributed by atoms with Gasteiger partial charge >= 0.3 is 0 Å². The Hall–Kier alpha value is -2.10. The Morgan fingerprint density at radius 3 is 0.575 bits per heavy atom. The zero-order valence-corrected chi connectivity index (χ0v) is 51.4. The van der Waals surface area contributed by atoms with Gasteiger partial charge in [-0.2, -0.15) is 0 Å². The molecule has 0 amide bonds. The highest BCUT2D eigenvalue weighted by molar-refractivity contribution is 7.31. The van der Waals surface area contributed by atoms with Gasteiger partial charge in [-0.15, -0.1) is 79.4 Å². The van der Waals surface area contributed by atoms with Crippen LogP contribution in [0.25, 0.3) is 58.5 Å². The van der Waals surface area contributed by atoms with E-state index in [1.54, 1.807) is 9.75 Å². The molecule has 7 heterocycles. The molecule has 2 atom stereocenters. The largest absolute Gasteiger partial charge is 0.139 e. The average molecular weight is 1110 g/mol. The van der Waals surface area contributed by atoms with Crippen molar-refractivity contribution >= 4 is 79.4 Å². The van der Waals surface area contributed by atoms with Crippen molar-refractivity contribution in [3.8, 4) is 58.5 Å². The summed E-state index contributed by atoms with van der Waals surface area (Å²) >= 11 is 14.0. The third-order valence-electron chi connectivity index (χ3n) is 15.2. The van der Waals surface area contributed by atoms with Crippen LogP contribution in [0.4, 0.5) is 0 Å². The SMILES string of the molecule is CCCCCCCCCCC(CCCCCCCC)c1ccc(-c2ccc(-c3ccc(-c4ccc(-c5ccc(-c6ccc(-c7ccc(C(CCCCCCCC)CCCCCCCCCC)s7)s6)s5)s4)s3)s2)s1. The van der Waals surface area contributed by atoms with Crippen LogP contribution in [-0.2, 0) is 0 Å². The van der Waals surface area contributed by atoms with Crippen LogP contribution in [0, 0.1) is 0 Å². The minimum Gasteiger partial charge on any atom is -0.139 e. The number of hydrogen-bond donors (Lipinski definition) is 0. The molecule has 0 bridgehead atoms. The molecule has 0 N–H and O–H groups in total. The molecule has 7 rings (SSSR count). The van der Waals surface area contributed by atoms with Gasteiger partial charge in [0.1, 0.15) is 0 Å². The number of unbranched alkanes of at least 4 members (excludes halogenated alkanes) is 24. The highest BCUT2D eigenvalue weighted by atomic mass is 32.1. The van der Waals surface area contributed by atoms with Gasteiger partial charge in [-0.1, -0.05) is 207 Å². The Balaban J connectivity index is 0.929. The van der Waals surface area contributed by atoms with E-state index in [9.17, 15) is 0 Å². The van der Waals surface area contributed by atoms with Crippen molar-refractivity contribution in [3.05, 3.63) is 94.7 Å². The molecule has 7 aromatic heterocycles. The first-order valence-electron chi connectivity index (χ1n) is 29.8. The third-order valence-corrected chi connectivity index (χ3v) is 24.3. The van der Waals surface area contributed by atoms with Crippen molar-refractivity contribution in [2.75, 3.05) is 0 Å². The van der Waals surface area contributed by atoms with Gasteiger partial charge in [-0.25, -0.2) is 0 Å². The molecule has 0 aliphatic heterocycles. The quantitative estimate of drug-likeness (QED) is 0.0336. The molecule has 0 fully saturated rings. The molecule has 73 heavy (non-hydrogen) atoms. The van der Waals surface area contributed by atoms with Gasteiger partial charge in [0, 0.05) is 68.3 Å². The second-order valence-corrected chi connectivity index (χ2v) is 28.9. The molecule has 0 spiro atoms. The maximum atomic E-state index is 2.49. The van der Waals surface area contributed by atoms with Crippen LogP contribution >= 0.6 is 79.4 Å². The number of rotatable bonds is 40. The predicted molar refractivity (Wildman–Crippen MR) is 340 cm³/mol. The zero-order valence-electron chi connectivity index (χ0n) is 45.7. The van der Waals surface area contributed by atoms with Gasteiger partial charge in [-0.3, -0.25) is 0 Å². The van der Waals surface area contributed by atoms with Crippen molar-refractivity contribution in [3.63, 3.8) is 0 Å². The lowest BCUT2D eigenvalue weighted by molar-refractivity contribution is 0.488. The van der Waals surface area contributed by atoms with Gasteiger partial charge < -0.3 is 0 Å². The fourth-order valence-corrected chi connectivity index (χ4v) is 18.6. The first-order chi connectivity index (χ1) is 36.1. The molecule has 398 valence electrons. The highest BCUT2D eigenvalue weighted by Gasteiger charge is 2.19. The van der Waals surface area contributed by atoms with Crippen molar-refractivity contribution in [2.45, 2.75) is 245 Å². The lowest BCUT2D eigenvalue weighted by atomic mass is 9.93. The molecule has 0 aliphatic carbocycles. The summed E-state index contributed by atoms with van der Waals surface area (Å²) in [6.07, 6.45) is 44.6. The van der Waals surface area contributed by atoms with Gasteiger partial charge in [-0.05, 0) is 122 Å². The molecule has 0 radical (unpaired) electrons. The van der Waals surface area contributed by atoms with Crippen LogP contribution in [0.3, 0.4) is 0 Å². The van der Waals surface area contributed by atoms with Crippen LogP contribution in [0.5, 0.6) is 0 Å². The van der Waals surface area contributed by atoms with E-state index < -0.39 is 0 Å². The van der Waals surface area contributed by atoms with E-state index in [4.69, 9.17) is 0 Å². The smallest absolute Gasteiger partial charge is 0.0449 e. The normalized spacial score (nSPS) is 12.7. The van der Waals surface area contributed by atoms with Crippen molar-refractivity contribution < 1.29 is 0 Å². The molecule has 0 saturated carbocycles.